The van der Waals surface area contributed by atoms with Gasteiger partial charge in [-0.05, 0) is 121 Å². The number of nitrogens with one attached hydrogen (secondary N) is 11. The van der Waals surface area contributed by atoms with Gasteiger partial charge in [-0.3, -0.25) is 74.6 Å². The summed E-state index contributed by atoms with van der Waals surface area (Å²) < 4.78 is 27.4. The van der Waals surface area contributed by atoms with Crippen molar-refractivity contribution in [2.24, 2.45) is 5.73 Å². The van der Waals surface area contributed by atoms with E-state index in [1.54, 1.807) is 77.9 Å². The predicted molar refractivity (Wildman–Crippen MR) is 394 cm³/mol. The van der Waals surface area contributed by atoms with Gasteiger partial charge in [0.15, 0.2) is 5.72 Å². The lowest BCUT2D eigenvalue weighted by Crippen LogP contribution is -2.62. The number of hydrogen-bond acceptors (Lipinski definition) is 21. The molecule has 0 saturated carbocycles. The molecule has 1 aliphatic rings. The van der Waals surface area contributed by atoms with Crippen molar-refractivity contribution in [3.8, 4) is 11.1 Å². The minimum absolute atomic E-state index is 0.0216. The molecule has 0 bridgehead atoms. The van der Waals surface area contributed by atoms with Gasteiger partial charge in [-0.1, -0.05) is 146 Å². The number of amides is 10. The topological polar surface area (TPSA) is 447 Å². The summed E-state index contributed by atoms with van der Waals surface area (Å²) in [6.45, 7) is 17.3. The molecule has 10 amide bonds. The van der Waals surface area contributed by atoms with Crippen LogP contribution in [0, 0.1) is 0 Å². The van der Waals surface area contributed by atoms with Crippen LogP contribution in [0.5, 0.6) is 0 Å². The van der Waals surface area contributed by atoms with Crippen LogP contribution in [0.4, 0.5) is 9.59 Å². The molecule has 580 valence electrons. The van der Waals surface area contributed by atoms with E-state index in [2.05, 4.69) is 65.5 Å². The van der Waals surface area contributed by atoms with E-state index in [1.807, 2.05) is 103 Å². The summed E-state index contributed by atoms with van der Waals surface area (Å²) >= 11 is 0. The number of alkyl carbamates (subject to hydrolysis) is 1. The Kier molecular flexibility index (Phi) is 31.1. The molecule has 0 fully saturated rings. The number of ether oxygens (including phenoxy) is 5. The van der Waals surface area contributed by atoms with Crippen LogP contribution in [0.15, 0.2) is 152 Å². The summed E-state index contributed by atoms with van der Waals surface area (Å²) in [4.78, 5) is 179. The first-order valence-corrected chi connectivity index (χ1v) is 35.0. The molecule has 14 N–H and O–H groups in total. The summed E-state index contributed by atoms with van der Waals surface area (Å²) in [7, 11) is 0. The number of nitrogens with two attached hydrogens (primary N) is 1. The second kappa shape index (κ2) is 39.3. The highest BCUT2D eigenvalue weighted by Gasteiger charge is 2.42. The molecule has 0 unspecified atom stereocenters. The van der Waals surface area contributed by atoms with E-state index in [4.69, 9.17) is 29.4 Å². The molecule has 6 atom stereocenters. The van der Waals surface area contributed by atoms with Crippen molar-refractivity contribution in [1.82, 2.24) is 58.9 Å². The molecule has 0 spiro atoms. The molecular weight excluding hydrogens is 1400 g/mol. The number of carboxylic acids is 1. The quantitative estimate of drug-likeness (QED) is 0.00491. The summed E-state index contributed by atoms with van der Waals surface area (Å²) in [5, 5.41) is 26.0. The van der Waals surface area contributed by atoms with E-state index in [0.717, 1.165) is 29.2 Å². The van der Waals surface area contributed by atoms with Crippen molar-refractivity contribution in [3.63, 3.8) is 0 Å². The van der Waals surface area contributed by atoms with Crippen LogP contribution >= 0.6 is 0 Å². The fourth-order valence-corrected chi connectivity index (χ4v) is 11.3. The molecule has 5 aromatic rings. The Bertz CT molecular complexity index is 3870. The van der Waals surface area contributed by atoms with Crippen LogP contribution in [-0.2, 0) is 82.0 Å². The van der Waals surface area contributed by atoms with Gasteiger partial charge in [0.25, 0.3) is 11.8 Å². The third kappa shape index (κ3) is 26.6. The summed E-state index contributed by atoms with van der Waals surface area (Å²) in [5.41, 5.74) is 16.1. The van der Waals surface area contributed by atoms with Crippen molar-refractivity contribution in [1.29, 1.82) is 0 Å². The number of rotatable bonds is 37. The van der Waals surface area contributed by atoms with Gasteiger partial charge >= 0.3 is 30.1 Å². The molecule has 31 nitrogen and oxygen atoms in total. The molecule has 5 aromatic carbocycles. The molecule has 0 aliphatic heterocycles. The molecule has 0 heterocycles. The zero-order valence-corrected chi connectivity index (χ0v) is 62.2. The number of aliphatic carboxylic acids is 1. The highest BCUT2D eigenvalue weighted by atomic mass is 16.6. The lowest BCUT2D eigenvalue weighted by Gasteiger charge is -2.37. The van der Waals surface area contributed by atoms with Crippen molar-refractivity contribution in [2.45, 2.75) is 178 Å². The first-order valence-electron chi connectivity index (χ1n) is 35.0. The number of imide groups is 1. The van der Waals surface area contributed by atoms with Crippen molar-refractivity contribution >= 4 is 77.4 Å². The summed E-state index contributed by atoms with van der Waals surface area (Å²) in [5.74, 6) is -12.9. The Balaban J connectivity index is 1.21. The molecule has 31 heteroatoms. The lowest BCUT2D eigenvalue weighted by atomic mass is 9.77. The van der Waals surface area contributed by atoms with E-state index >= 15 is 0 Å². The second-order valence-corrected chi connectivity index (χ2v) is 28.4. The standard InChI is InChI=1S/C77H98N12O19/c1-12-41-105-76(78,39-38-62(92)93)70(101)85-57(42-60(90)87-89-77(48-27-16-13-17-28-48,49-29-18-14-19-30-49)50-31-20-15-21-32-50)66(97)79-45-61(91)82-58(43-63(94)106-73(3,4)5)68(99)81-47(2)65(96)84-59(44-64(95)107-74(6,7)8)69(100)83-56(37-26-40-80-88-72(103)108-75(9,10)11)67(98)86-71(102)104-46-55-53-35-24-22-33-51(53)52-34-23-25-36-54(52)55/h12-25,27-36,47,55-59,80,89H,1,26,37-46,78H2,2-11H3,(H,79,97)(H,81,99)(H,82,91)(H,83,100)(H,84,96)(H,85,101)(H,87,90)(H,88,103)(H,92,93)(H,86,98,102)/t47-,56+,57-,58+,59+,76-/m1/s1. The van der Waals surface area contributed by atoms with Gasteiger partial charge in [-0.25, -0.2) is 20.4 Å². The second-order valence-electron chi connectivity index (χ2n) is 28.4. The maximum Gasteiger partial charge on any atom is 0.422 e. The number of hydrogen-bond donors (Lipinski definition) is 13. The number of benzene rings is 5. The predicted octanol–water partition coefficient (Wildman–Crippen LogP) is 4.61. The maximum absolute atomic E-state index is 14.5. The number of carbonyl (C=O) groups is 13. The third-order valence-electron chi connectivity index (χ3n) is 16.2. The maximum atomic E-state index is 14.5. The number of carboxylic acid groups (broad SMARTS) is 1. The normalized spacial score (nSPS) is 13.9. The van der Waals surface area contributed by atoms with E-state index in [1.165, 1.54) is 26.8 Å². The third-order valence-corrected chi connectivity index (χ3v) is 16.2. The zero-order chi connectivity index (χ0) is 79.6. The largest absolute Gasteiger partial charge is 0.481 e. The number of esters is 2. The number of hydrazine groups is 2. The van der Waals surface area contributed by atoms with Crippen LogP contribution in [-0.4, -0.2) is 161 Å². The first kappa shape index (κ1) is 85.5. The van der Waals surface area contributed by atoms with E-state index in [-0.39, 0.29) is 32.6 Å². The Morgan fingerprint density at radius 1 is 0.528 bits per heavy atom. The zero-order valence-electron chi connectivity index (χ0n) is 62.2. The van der Waals surface area contributed by atoms with Crippen LogP contribution in [0.1, 0.15) is 148 Å². The Morgan fingerprint density at radius 2 is 1.00 bits per heavy atom. The van der Waals surface area contributed by atoms with Crippen LogP contribution in [0.25, 0.3) is 11.1 Å². The van der Waals surface area contributed by atoms with Gasteiger partial charge < -0.3 is 60.7 Å². The average Bonchev–Trinajstić information content (AvgIpc) is 0.924. The molecule has 0 aromatic heterocycles. The minimum atomic E-state index is -2.43. The van der Waals surface area contributed by atoms with Crippen molar-refractivity contribution in [2.75, 3.05) is 26.3 Å². The number of carbonyl (C=O) groups excluding carboxylic acids is 12. The fourth-order valence-electron chi connectivity index (χ4n) is 11.3. The fraction of sp³-hybridized carbons (Fsp3) is 0.416. The van der Waals surface area contributed by atoms with Gasteiger partial charge in [0, 0.05) is 25.3 Å². The lowest BCUT2D eigenvalue weighted by molar-refractivity contribution is -0.157. The van der Waals surface area contributed by atoms with Gasteiger partial charge in [-0.2, -0.15) is 0 Å². The van der Waals surface area contributed by atoms with Gasteiger partial charge in [0.05, 0.1) is 32.4 Å². The SMILES string of the molecule is C=CCO[C@](N)(CCC(=O)O)C(=O)N[C@H](CC(=O)NNC(c1ccccc1)(c1ccccc1)c1ccccc1)C(=O)NCC(=O)N[C@@H](CC(=O)OC(C)(C)C)C(=O)N[C@H](C)C(=O)N[C@@H](CC(=O)OC(C)(C)C)C(=O)N[C@@H](CCCNNC(=O)OC(C)(C)C)C(=O)NC(=O)OCC1c2ccccc2-c2ccccc21. The summed E-state index contributed by atoms with van der Waals surface area (Å²) in [6, 6.07) is 33.4. The van der Waals surface area contributed by atoms with Crippen LogP contribution < -0.4 is 64.7 Å². The highest BCUT2D eigenvalue weighted by Crippen LogP contribution is 2.44. The molecule has 108 heavy (non-hydrogen) atoms. The monoisotopic (exact) mass is 1490 g/mol. The Labute approximate surface area is 626 Å². The van der Waals surface area contributed by atoms with Gasteiger partial charge in [0.1, 0.15) is 59.2 Å². The first-order chi connectivity index (χ1) is 50.9. The molecule has 1 aliphatic carbocycles. The van der Waals surface area contributed by atoms with Crippen LogP contribution in [0.3, 0.4) is 0 Å². The van der Waals surface area contributed by atoms with E-state index in [9.17, 15) is 67.4 Å². The molecule has 6 rings (SSSR count). The van der Waals surface area contributed by atoms with Gasteiger partial charge in [0.2, 0.25) is 35.4 Å². The number of fused-ring (bicyclic) bond motifs is 3. The average molecular weight is 1500 g/mol. The van der Waals surface area contributed by atoms with E-state index in [0.29, 0.717) is 16.7 Å². The molecule has 0 radical (unpaired) electrons. The van der Waals surface area contributed by atoms with Crippen molar-refractivity contribution in [3.05, 3.63) is 180 Å². The smallest absolute Gasteiger partial charge is 0.422 e. The van der Waals surface area contributed by atoms with Crippen LogP contribution in [0.2, 0.25) is 0 Å². The minimum Gasteiger partial charge on any atom is -0.481 e. The Hall–Kier alpha value is -11.4. The highest BCUT2D eigenvalue weighted by molar-refractivity contribution is 6.01. The van der Waals surface area contributed by atoms with Gasteiger partial charge in [-0.15, -0.1) is 6.58 Å². The molecule has 0 saturated heterocycles. The summed E-state index contributed by atoms with van der Waals surface area (Å²) in [6.07, 6.45) is -4.93. The van der Waals surface area contributed by atoms with E-state index < -0.39 is 180 Å². The van der Waals surface area contributed by atoms with Crippen molar-refractivity contribution < 1.29 is 91.1 Å². The Morgan fingerprint density at radius 3 is 1.50 bits per heavy atom. The molecular formula is C77H98N12O19.